The van der Waals surface area contributed by atoms with Crippen LogP contribution < -0.4 is 5.06 Å². The van der Waals surface area contributed by atoms with Crippen LogP contribution >= 0.6 is 11.3 Å². The Morgan fingerprint density at radius 3 is 3.14 bits per heavy atom. The van der Waals surface area contributed by atoms with Crippen LogP contribution in [0.2, 0.25) is 0 Å². The van der Waals surface area contributed by atoms with E-state index in [4.69, 9.17) is 9.94 Å². The van der Waals surface area contributed by atoms with Crippen molar-refractivity contribution in [2.24, 2.45) is 0 Å². The molecule has 2 heterocycles. The number of carboxylic acids is 1. The Labute approximate surface area is 84.2 Å². The summed E-state index contributed by atoms with van der Waals surface area (Å²) >= 11 is 1.21. The zero-order valence-electron chi connectivity index (χ0n) is 7.22. The van der Waals surface area contributed by atoms with Gasteiger partial charge in [-0.3, -0.25) is 4.84 Å². The van der Waals surface area contributed by atoms with Gasteiger partial charge in [-0.15, -0.1) is 11.3 Å². The Balaban J connectivity index is 2.37. The summed E-state index contributed by atoms with van der Waals surface area (Å²) in [6, 6.07) is 0. The average Bonchev–Trinajstić information content (AvgIpc) is 2.70. The van der Waals surface area contributed by atoms with Crippen LogP contribution in [0, 0.1) is 12.7 Å². The minimum atomic E-state index is -1.07. The minimum absolute atomic E-state index is 0.00792. The summed E-state index contributed by atoms with van der Waals surface area (Å²) in [5.74, 6) is -1.07. The Morgan fingerprint density at radius 1 is 1.79 bits per heavy atom. The number of aromatic carboxylic acids is 1. The van der Waals surface area contributed by atoms with Gasteiger partial charge in [0.2, 0.25) is 0 Å². The second kappa shape index (κ2) is 3.39. The third-order valence-electron chi connectivity index (χ3n) is 1.67. The number of hydrogen-bond donors (Lipinski definition) is 1. The summed E-state index contributed by atoms with van der Waals surface area (Å²) in [7, 11) is 0. The highest BCUT2D eigenvalue weighted by Crippen LogP contribution is 2.31. The van der Waals surface area contributed by atoms with Gasteiger partial charge in [0.1, 0.15) is 6.61 Å². The van der Waals surface area contributed by atoms with Gasteiger partial charge in [-0.25, -0.2) is 14.8 Å². The maximum absolute atomic E-state index is 10.8. The molecule has 5 nitrogen and oxygen atoms in total. The number of aromatic nitrogens is 1. The van der Waals surface area contributed by atoms with Crippen LogP contribution in [-0.2, 0) is 4.84 Å². The molecule has 72 valence electrons. The molecule has 2 radical (unpaired) electrons. The molecule has 0 unspecified atom stereocenters. The molecule has 1 aliphatic rings. The fraction of sp³-hybridized carbons (Fsp3) is 0.125. The van der Waals surface area contributed by atoms with Gasteiger partial charge in [-0.2, -0.15) is 0 Å². The van der Waals surface area contributed by atoms with Crippen LogP contribution in [0.4, 0.5) is 5.00 Å². The van der Waals surface area contributed by atoms with E-state index >= 15 is 0 Å². The SMILES string of the molecule is CC1=[C][CH]ON1c1scnc1C(=O)O. The predicted molar refractivity (Wildman–Crippen MR) is 49.4 cm³/mol. The maximum Gasteiger partial charge on any atom is 0.357 e. The van der Waals surface area contributed by atoms with Crippen LogP contribution in [0.25, 0.3) is 0 Å². The van der Waals surface area contributed by atoms with E-state index in [1.807, 2.05) is 0 Å². The van der Waals surface area contributed by atoms with Crippen LogP contribution in [0.1, 0.15) is 17.4 Å². The highest BCUT2D eigenvalue weighted by Gasteiger charge is 2.24. The molecule has 0 saturated carbocycles. The number of hydrogen-bond acceptors (Lipinski definition) is 5. The van der Waals surface area contributed by atoms with Crippen LogP contribution in [0.15, 0.2) is 11.2 Å². The molecule has 1 N–H and O–H groups in total. The molecule has 0 aromatic carbocycles. The summed E-state index contributed by atoms with van der Waals surface area (Å²) in [4.78, 5) is 19.6. The highest BCUT2D eigenvalue weighted by molar-refractivity contribution is 7.14. The Hall–Kier alpha value is -1.40. The molecule has 0 amide bonds. The molecule has 14 heavy (non-hydrogen) atoms. The first kappa shape index (κ1) is 9.17. The normalized spacial score (nSPS) is 15.8. The molecule has 6 heteroatoms. The molecule has 0 bridgehead atoms. The predicted octanol–water partition coefficient (Wildman–Crippen LogP) is 1.46. The lowest BCUT2D eigenvalue weighted by atomic mass is 10.4. The topological polar surface area (TPSA) is 62.7 Å². The Kier molecular flexibility index (Phi) is 2.22. The second-order valence-electron chi connectivity index (χ2n) is 2.56. The first-order chi connectivity index (χ1) is 6.70. The zero-order chi connectivity index (χ0) is 10.1. The van der Waals surface area contributed by atoms with E-state index in [1.165, 1.54) is 28.5 Å². The Bertz CT molecular complexity index is 399. The van der Waals surface area contributed by atoms with Gasteiger partial charge in [0.05, 0.1) is 11.2 Å². The fourth-order valence-electron chi connectivity index (χ4n) is 1.03. The van der Waals surface area contributed by atoms with E-state index < -0.39 is 5.97 Å². The molecule has 0 saturated heterocycles. The van der Waals surface area contributed by atoms with Crippen molar-refractivity contribution in [2.45, 2.75) is 6.92 Å². The number of allylic oxidation sites excluding steroid dienone is 1. The largest absolute Gasteiger partial charge is 0.476 e. The number of carbonyl (C=O) groups is 1. The van der Waals surface area contributed by atoms with Crippen molar-refractivity contribution in [3.8, 4) is 0 Å². The number of anilines is 1. The van der Waals surface area contributed by atoms with E-state index in [-0.39, 0.29) is 5.69 Å². The Morgan fingerprint density at radius 2 is 2.57 bits per heavy atom. The first-order valence-corrected chi connectivity index (χ1v) is 4.63. The van der Waals surface area contributed by atoms with E-state index in [0.29, 0.717) is 10.7 Å². The molecule has 0 spiro atoms. The van der Waals surface area contributed by atoms with E-state index in [1.54, 1.807) is 6.92 Å². The van der Waals surface area contributed by atoms with Gasteiger partial charge >= 0.3 is 5.97 Å². The summed E-state index contributed by atoms with van der Waals surface area (Å²) in [6.07, 6.45) is 2.81. The molecule has 0 fully saturated rings. The van der Waals surface area contributed by atoms with Crippen LogP contribution in [-0.4, -0.2) is 16.1 Å². The van der Waals surface area contributed by atoms with Crippen molar-refractivity contribution >= 4 is 22.3 Å². The van der Waals surface area contributed by atoms with E-state index in [0.717, 1.165) is 0 Å². The third-order valence-corrected chi connectivity index (χ3v) is 2.46. The van der Waals surface area contributed by atoms with E-state index in [9.17, 15) is 4.79 Å². The lowest BCUT2D eigenvalue weighted by Gasteiger charge is -2.15. The quantitative estimate of drug-likeness (QED) is 0.800. The highest BCUT2D eigenvalue weighted by atomic mass is 32.1. The first-order valence-electron chi connectivity index (χ1n) is 3.75. The van der Waals surface area contributed by atoms with E-state index in [2.05, 4.69) is 11.1 Å². The van der Waals surface area contributed by atoms with Crippen LogP contribution in [0.5, 0.6) is 0 Å². The molecule has 0 atom stereocenters. The standard InChI is InChI=1S/C8H6N2O3S/c1-5-2-3-13-10(5)7-6(8(11)12)9-4-14-7/h3-4H,1H3,(H,11,12). The van der Waals surface area contributed by atoms with Crippen molar-refractivity contribution in [1.29, 1.82) is 0 Å². The summed E-state index contributed by atoms with van der Waals surface area (Å²) in [5.41, 5.74) is 2.16. The lowest BCUT2D eigenvalue weighted by Crippen LogP contribution is -2.16. The molecule has 1 aromatic rings. The number of thiazole rings is 1. The van der Waals surface area contributed by atoms with Gasteiger partial charge in [-0.05, 0) is 6.92 Å². The summed E-state index contributed by atoms with van der Waals surface area (Å²) < 4.78 is 0. The third kappa shape index (κ3) is 1.38. The van der Waals surface area contributed by atoms with Crippen molar-refractivity contribution in [1.82, 2.24) is 4.98 Å². The number of nitrogens with zero attached hydrogens (tertiary/aromatic N) is 2. The average molecular weight is 210 g/mol. The van der Waals surface area contributed by atoms with Gasteiger partial charge in [0.25, 0.3) is 0 Å². The molecular weight excluding hydrogens is 204 g/mol. The fourth-order valence-corrected chi connectivity index (χ4v) is 1.82. The van der Waals surface area contributed by atoms with Crippen molar-refractivity contribution < 1.29 is 14.7 Å². The van der Waals surface area contributed by atoms with Crippen molar-refractivity contribution in [3.63, 3.8) is 0 Å². The molecular formula is C8H6N2O3S. The monoisotopic (exact) mass is 210 g/mol. The molecule has 2 rings (SSSR count). The van der Waals surface area contributed by atoms with Crippen molar-refractivity contribution in [3.05, 3.63) is 29.6 Å². The zero-order valence-corrected chi connectivity index (χ0v) is 8.04. The smallest absolute Gasteiger partial charge is 0.357 e. The maximum atomic E-state index is 10.8. The summed E-state index contributed by atoms with van der Waals surface area (Å²) in [5, 5.41) is 10.7. The summed E-state index contributed by atoms with van der Waals surface area (Å²) in [6.45, 7) is 3.15. The number of hydroxylamine groups is 1. The minimum Gasteiger partial charge on any atom is -0.476 e. The molecule has 0 aliphatic carbocycles. The number of carboxylic acid groups (broad SMARTS) is 1. The molecule has 1 aromatic heterocycles. The lowest BCUT2D eigenvalue weighted by molar-refractivity contribution is 0.0690. The van der Waals surface area contributed by atoms with Gasteiger partial charge in [-0.1, -0.05) is 0 Å². The van der Waals surface area contributed by atoms with Gasteiger partial charge in [0.15, 0.2) is 10.7 Å². The van der Waals surface area contributed by atoms with Crippen molar-refractivity contribution in [2.75, 3.05) is 5.06 Å². The number of rotatable bonds is 2. The van der Waals surface area contributed by atoms with Gasteiger partial charge in [0, 0.05) is 6.08 Å². The second-order valence-corrected chi connectivity index (χ2v) is 3.39. The van der Waals surface area contributed by atoms with Gasteiger partial charge < -0.3 is 5.11 Å². The molecule has 1 aliphatic heterocycles. The van der Waals surface area contributed by atoms with Crippen LogP contribution in [0.3, 0.4) is 0 Å².